The molecular formula is C19H40IN5O. The summed E-state index contributed by atoms with van der Waals surface area (Å²) in [6, 6.07) is 0.518. The molecule has 0 bridgehead atoms. The van der Waals surface area contributed by atoms with Crippen LogP contribution >= 0.6 is 24.0 Å². The van der Waals surface area contributed by atoms with Gasteiger partial charge in [-0.3, -0.25) is 9.89 Å². The van der Waals surface area contributed by atoms with Gasteiger partial charge in [0.1, 0.15) is 0 Å². The Kier molecular flexibility index (Phi) is 12.1. The summed E-state index contributed by atoms with van der Waals surface area (Å²) in [7, 11) is 1.86. The van der Waals surface area contributed by atoms with Gasteiger partial charge in [-0.1, -0.05) is 20.8 Å². The number of guanidine groups is 1. The second-order valence-electron chi connectivity index (χ2n) is 7.91. The summed E-state index contributed by atoms with van der Waals surface area (Å²) in [4.78, 5) is 9.53. The highest BCUT2D eigenvalue weighted by Crippen LogP contribution is 2.12. The summed E-state index contributed by atoms with van der Waals surface area (Å²) in [6.45, 7) is 16.3. The molecule has 0 aromatic heterocycles. The lowest BCUT2D eigenvalue weighted by molar-refractivity contribution is 0.00752. The van der Waals surface area contributed by atoms with E-state index in [0.29, 0.717) is 17.9 Å². The van der Waals surface area contributed by atoms with Crippen LogP contribution in [-0.2, 0) is 4.74 Å². The van der Waals surface area contributed by atoms with Gasteiger partial charge in [0, 0.05) is 45.8 Å². The van der Waals surface area contributed by atoms with Crippen LogP contribution in [0.2, 0.25) is 0 Å². The molecule has 2 unspecified atom stereocenters. The second kappa shape index (κ2) is 13.1. The monoisotopic (exact) mass is 481 g/mol. The number of rotatable bonds is 8. The zero-order valence-electron chi connectivity index (χ0n) is 17.2. The van der Waals surface area contributed by atoms with Crippen molar-refractivity contribution in [1.82, 2.24) is 20.4 Å². The van der Waals surface area contributed by atoms with Gasteiger partial charge in [-0.2, -0.15) is 0 Å². The number of morpholine rings is 1. The summed E-state index contributed by atoms with van der Waals surface area (Å²) in [6.07, 6.45) is 2.73. The average Bonchev–Trinajstić information content (AvgIpc) is 3.11. The Morgan fingerprint density at radius 2 is 1.62 bits per heavy atom. The van der Waals surface area contributed by atoms with Crippen LogP contribution in [0.4, 0.5) is 0 Å². The largest absolute Gasteiger partial charge is 0.379 e. The smallest absolute Gasteiger partial charge is 0.191 e. The van der Waals surface area contributed by atoms with E-state index in [0.717, 1.165) is 45.4 Å². The first-order chi connectivity index (χ1) is 12.1. The molecule has 0 amide bonds. The summed E-state index contributed by atoms with van der Waals surface area (Å²) < 4.78 is 5.49. The van der Waals surface area contributed by atoms with E-state index in [1.807, 2.05) is 7.05 Å². The maximum Gasteiger partial charge on any atom is 0.191 e. The van der Waals surface area contributed by atoms with Crippen molar-refractivity contribution in [3.05, 3.63) is 0 Å². The highest BCUT2D eigenvalue weighted by atomic mass is 127. The van der Waals surface area contributed by atoms with Crippen molar-refractivity contribution in [2.75, 3.05) is 66.1 Å². The molecule has 0 aromatic carbocycles. The van der Waals surface area contributed by atoms with E-state index in [4.69, 9.17) is 4.74 Å². The van der Waals surface area contributed by atoms with Gasteiger partial charge in [0.2, 0.25) is 0 Å². The number of hydrogen-bond donors (Lipinski definition) is 2. The zero-order valence-corrected chi connectivity index (χ0v) is 19.5. The normalized spacial score (nSPS) is 22.1. The molecule has 7 heteroatoms. The van der Waals surface area contributed by atoms with Crippen LogP contribution in [0.15, 0.2) is 4.99 Å². The Balaban J connectivity index is 0.00000338. The van der Waals surface area contributed by atoms with Crippen LogP contribution in [0, 0.1) is 11.8 Å². The molecule has 0 spiro atoms. The van der Waals surface area contributed by atoms with E-state index >= 15 is 0 Å². The third-order valence-electron chi connectivity index (χ3n) is 5.37. The predicted molar refractivity (Wildman–Crippen MR) is 121 cm³/mol. The molecule has 2 aliphatic heterocycles. The van der Waals surface area contributed by atoms with E-state index in [1.54, 1.807) is 0 Å². The summed E-state index contributed by atoms with van der Waals surface area (Å²) >= 11 is 0. The molecular weight excluding hydrogens is 441 g/mol. The zero-order chi connectivity index (χ0) is 18.1. The van der Waals surface area contributed by atoms with Crippen molar-refractivity contribution in [3.8, 4) is 0 Å². The van der Waals surface area contributed by atoms with Crippen molar-refractivity contribution in [2.45, 2.75) is 39.7 Å². The lowest BCUT2D eigenvalue weighted by Crippen LogP contribution is -2.53. The predicted octanol–water partition coefficient (Wildman–Crippen LogP) is 1.86. The van der Waals surface area contributed by atoms with Crippen molar-refractivity contribution in [3.63, 3.8) is 0 Å². The number of likely N-dealkylation sites (tertiary alicyclic amines) is 1. The van der Waals surface area contributed by atoms with E-state index in [9.17, 15) is 0 Å². The molecule has 2 heterocycles. The van der Waals surface area contributed by atoms with Gasteiger partial charge in [0.25, 0.3) is 0 Å². The van der Waals surface area contributed by atoms with Crippen molar-refractivity contribution >= 4 is 29.9 Å². The number of ether oxygens (including phenoxy) is 1. The molecule has 2 N–H and O–H groups in total. The highest BCUT2D eigenvalue weighted by molar-refractivity contribution is 14.0. The SMILES string of the molecule is CN=C(NCC(C)CN1CCCC1)NCC(C(C)C)N1CCOCC1.I. The van der Waals surface area contributed by atoms with E-state index in [-0.39, 0.29) is 24.0 Å². The third kappa shape index (κ3) is 8.27. The Bertz CT molecular complexity index is 395. The molecule has 2 saturated heterocycles. The molecule has 26 heavy (non-hydrogen) atoms. The standard InChI is InChI=1S/C19H39N5O.HI/c1-16(2)18(24-9-11-25-12-10-24)14-22-19(20-4)21-13-17(3)15-23-7-5-6-8-23;/h16-18H,5-15H2,1-4H3,(H2,20,21,22);1H. The summed E-state index contributed by atoms with van der Waals surface area (Å²) in [5, 5.41) is 7.05. The molecule has 2 atom stereocenters. The van der Waals surface area contributed by atoms with E-state index in [2.05, 4.69) is 46.2 Å². The van der Waals surface area contributed by atoms with Gasteiger partial charge < -0.3 is 20.3 Å². The lowest BCUT2D eigenvalue weighted by Gasteiger charge is -2.37. The fourth-order valence-electron chi connectivity index (χ4n) is 3.86. The molecule has 0 aliphatic carbocycles. The topological polar surface area (TPSA) is 52.1 Å². The first-order valence-corrected chi connectivity index (χ1v) is 10.1. The van der Waals surface area contributed by atoms with Crippen molar-refractivity contribution in [2.24, 2.45) is 16.8 Å². The van der Waals surface area contributed by atoms with E-state index < -0.39 is 0 Å². The fourth-order valence-corrected chi connectivity index (χ4v) is 3.86. The van der Waals surface area contributed by atoms with E-state index in [1.165, 1.54) is 32.5 Å². The van der Waals surface area contributed by atoms with Crippen LogP contribution in [0.25, 0.3) is 0 Å². The minimum atomic E-state index is 0. The van der Waals surface area contributed by atoms with Gasteiger partial charge in [-0.15, -0.1) is 24.0 Å². The molecule has 0 aromatic rings. The molecule has 2 rings (SSSR count). The number of nitrogens with zero attached hydrogens (tertiary/aromatic N) is 3. The minimum Gasteiger partial charge on any atom is -0.379 e. The first kappa shape index (κ1) is 23.9. The Labute approximate surface area is 177 Å². The average molecular weight is 481 g/mol. The third-order valence-corrected chi connectivity index (χ3v) is 5.37. The molecule has 0 radical (unpaired) electrons. The molecule has 0 saturated carbocycles. The maximum absolute atomic E-state index is 5.49. The van der Waals surface area contributed by atoms with Gasteiger partial charge in [0.15, 0.2) is 5.96 Å². The van der Waals surface area contributed by atoms with Crippen LogP contribution < -0.4 is 10.6 Å². The van der Waals surface area contributed by atoms with Gasteiger partial charge in [-0.05, 0) is 37.8 Å². The number of hydrogen-bond acceptors (Lipinski definition) is 4. The van der Waals surface area contributed by atoms with Crippen molar-refractivity contribution in [1.29, 1.82) is 0 Å². The maximum atomic E-state index is 5.49. The molecule has 2 aliphatic rings. The number of nitrogens with one attached hydrogen (secondary N) is 2. The van der Waals surface area contributed by atoms with Gasteiger partial charge in [-0.25, -0.2) is 0 Å². The van der Waals surface area contributed by atoms with Crippen LogP contribution in [0.5, 0.6) is 0 Å². The van der Waals surface area contributed by atoms with Gasteiger partial charge in [0.05, 0.1) is 13.2 Å². The quantitative estimate of drug-likeness (QED) is 0.315. The summed E-state index contributed by atoms with van der Waals surface area (Å²) in [5.74, 6) is 2.17. The first-order valence-electron chi connectivity index (χ1n) is 10.1. The number of halogens is 1. The Hall–Kier alpha value is -0.120. The highest BCUT2D eigenvalue weighted by Gasteiger charge is 2.24. The lowest BCUT2D eigenvalue weighted by atomic mass is 10.0. The second-order valence-corrected chi connectivity index (χ2v) is 7.91. The van der Waals surface area contributed by atoms with Crippen LogP contribution in [0.1, 0.15) is 33.6 Å². The molecule has 2 fully saturated rings. The van der Waals surface area contributed by atoms with Gasteiger partial charge >= 0.3 is 0 Å². The minimum absolute atomic E-state index is 0. The van der Waals surface area contributed by atoms with Crippen LogP contribution in [-0.4, -0.2) is 87.9 Å². The van der Waals surface area contributed by atoms with Crippen molar-refractivity contribution < 1.29 is 4.74 Å². The summed E-state index contributed by atoms with van der Waals surface area (Å²) in [5.41, 5.74) is 0. The fraction of sp³-hybridized carbons (Fsp3) is 0.947. The molecule has 154 valence electrons. The Morgan fingerprint density at radius 3 is 2.19 bits per heavy atom. The Morgan fingerprint density at radius 1 is 1.00 bits per heavy atom. The van der Waals surface area contributed by atoms with Crippen LogP contribution in [0.3, 0.4) is 0 Å². The number of aliphatic imine (C=N–C) groups is 1. The molecule has 6 nitrogen and oxygen atoms in total.